The third-order valence-corrected chi connectivity index (χ3v) is 3.79. The number of carbonyl (C=O) groups is 2. The molecule has 0 heterocycles. The van der Waals surface area contributed by atoms with E-state index in [9.17, 15) is 9.59 Å². The van der Waals surface area contributed by atoms with E-state index >= 15 is 0 Å². The van der Waals surface area contributed by atoms with Gasteiger partial charge in [0.2, 0.25) is 0 Å². The molecule has 0 saturated heterocycles. The Bertz CT molecular complexity index is 838. The molecule has 0 aliphatic heterocycles. The van der Waals surface area contributed by atoms with Crippen LogP contribution in [0.25, 0.3) is 0 Å². The number of hydrogen-bond donors (Lipinski definition) is 2. The first kappa shape index (κ1) is 22.7. The molecule has 0 bridgehead atoms. The number of carbonyl (C=O) groups excluding carboxylic acids is 2. The Morgan fingerprint density at radius 3 is 1.37 bits per heavy atom. The first-order valence-electron chi connectivity index (χ1n) is 9.02. The molecule has 7 nitrogen and oxygen atoms in total. The Labute approximate surface area is 175 Å². The molecule has 0 aromatic heterocycles. The fourth-order valence-electron chi connectivity index (χ4n) is 2.43. The lowest BCUT2D eigenvalue weighted by atomic mass is 10.2. The summed E-state index contributed by atoms with van der Waals surface area (Å²) >= 11 is 0. The highest BCUT2D eigenvalue weighted by Crippen LogP contribution is 2.17. The maximum absolute atomic E-state index is 12.6. The van der Waals surface area contributed by atoms with Crippen LogP contribution in [-0.4, -0.2) is 29.9 Å². The zero-order chi connectivity index (χ0) is 21.6. The van der Waals surface area contributed by atoms with Crippen LogP contribution in [0, 0.1) is 0 Å². The van der Waals surface area contributed by atoms with Crippen molar-refractivity contribution in [2.24, 2.45) is 0 Å². The van der Waals surface area contributed by atoms with E-state index in [0.717, 1.165) is 16.0 Å². The van der Waals surface area contributed by atoms with E-state index in [-0.39, 0.29) is 20.9 Å². The normalized spacial score (nSPS) is 9.53. The standard InChI is InChI=1S/C22H19NO4.BH2O2/c24-21(26-16-18-10-4-1-5-11-18)23(20-14-8-3-9-15-20)22(25)27-17-19-12-6-2-7-13-19;2-1-3/h1-15H,16-17H2;2-3H. The minimum Gasteiger partial charge on any atom is -0.444 e. The maximum atomic E-state index is 12.6. The molecule has 0 aliphatic carbocycles. The highest BCUT2D eigenvalue weighted by Gasteiger charge is 2.26. The molecule has 0 atom stereocenters. The molecule has 3 aromatic carbocycles. The van der Waals surface area contributed by atoms with Crippen LogP contribution in [0.4, 0.5) is 15.3 Å². The van der Waals surface area contributed by atoms with Crippen molar-refractivity contribution in [2.45, 2.75) is 13.2 Å². The molecule has 2 N–H and O–H groups in total. The number of hydrogen-bond acceptors (Lipinski definition) is 6. The molecule has 30 heavy (non-hydrogen) atoms. The Kier molecular flexibility index (Phi) is 9.65. The summed E-state index contributed by atoms with van der Waals surface area (Å²) in [5, 5.41) is 14.0. The van der Waals surface area contributed by atoms with E-state index < -0.39 is 12.2 Å². The van der Waals surface area contributed by atoms with Crippen molar-refractivity contribution < 1.29 is 29.1 Å². The van der Waals surface area contributed by atoms with Gasteiger partial charge in [0.05, 0.1) is 5.69 Å². The van der Waals surface area contributed by atoms with Crippen LogP contribution in [0.3, 0.4) is 0 Å². The van der Waals surface area contributed by atoms with E-state index in [1.54, 1.807) is 30.3 Å². The summed E-state index contributed by atoms with van der Waals surface area (Å²) in [5.74, 6) is 0. The molecule has 1 radical (unpaired) electrons. The van der Waals surface area contributed by atoms with E-state index in [1.807, 2.05) is 60.7 Å². The van der Waals surface area contributed by atoms with Gasteiger partial charge in [-0.2, -0.15) is 4.90 Å². The number of nitrogens with zero attached hydrogens (tertiary/aromatic N) is 1. The van der Waals surface area contributed by atoms with Gasteiger partial charge in [-0.3, -0.25) is 0 Å². The number of imide groups is 1. The van der Waals surface area contributed by atoms with Gasteiger partial charge in [-0.1, -0.05) is 78.9 Å². The van der Waals surface area contributed by atoms with Crippen LogP contribution in [-0.2, 0) is 22.7 Å². The topological polar surface area (TPSA) is 96.3 Å². The molecular formula is C22H21BNO6. The Hall–Kier alpha value is -3.62. The molecule has 0 fully saturated rings. The largest absolute Gasteiger partial charge is 0.482 e. The third-order valence-electron chi connectivity index (χ3n) is 3.79. The van der Waals surface area contributed by atoms with E-state index in [0.29, 0.717) is 5.69 Å². The second kappa shape index (κ2) is 12.8. The molecule has 153 valence electrons. The number of benzene rings is 3. The second-order valence-electron chi connectivity index (χ2n) is 5.87. The van der Waals surface area contributed by atoms with Crippen LogP contribution in [0.2, 0.25) is 0 Å². The highest BCUT2D eigenvalue weighted by atomic mass is 16.6. The van der Waals surface area contributed by atoms with Crippen molar-refractivity contribution >= 4 is 25.6 Å². The molecule has 0 aliphatic rings. The van der Waals surface area contributed by atoms with Crippen LogP contribution in [0.1, 0.15) is 11.1 Å². The maximum Gasteiger partial charge on any atom is 0.482 e. The number of rotatable bonds is 5. The lowest BCUT2D eigenvalue weighted by Gasteiger charge is -2.20. The quantitative estimate of drug-likeness (QED) is 0.628. The zero-order valence-electron chi connectivity index (χ0n) is 16.1. The van der Waals surface area contributed by atoms with Crippen molar-refractivity contribution in [1.82, 2.24) is 0 Å². The average molecular weight is 406 g/mol. The summed E-state index contributed by atoms with van der Waals surface area (Å²) in [6, 6.07) is 27.1. The minimum absolute atomic E-state index is 0. The van der Waals surface area contributed by atoms with Gasteiger partial charge in [-0.05, 0) is 23.3 Å². The number of amides is 2. The fourth-order valence-corrected chi connectivity index (χ4v) is 2.43. The number of anilines is 1. The third kappa shape index (κ3) is 7.42. The molecule has 3 aromatic rings. The smallest absolute Gasteiger partial charge is 0.444 e. The van der Waals surface area contributed by atoms with Crippen molar-refractivity contribution in [3.63, 3.8) is 0 Å². The minimum atomic E-state index is -0.789. The average Bonchev–Trinajstić information content (AvgIpc) is 2.79. The predicted molar refractivity (Wildman–Crippen MR) is 112 cm³/mol. The number of ether oxygens (including phenoxy) is 2. The molecule has 0 spiro atoms. The van der Waals surface area contributed by atoms with Gasteiger partial charge in [-0.25, -0.2) is 9.59 Å². The molecule has 0 unspecified atom stereocenters. The van der Waals surface area contributed by atoms with Crippen LogP contribution in [0.15, 0.2) is 91.0 Å². The molecular weight excluding hydrogens is 385 g/mol. The first-order chi connectivity index (χ1) is 14.7. The van der Waals surface area contributed by atoms with Gasteiger partial charge < -0.3 is 19.5 Å². The predicted octanol–water partition coefficient (Wildman–Crippen LogP) is 3.67. The van der Waals surface area contributed by atoms with Crippen molar-refractivity contribution in [3.05, 3.63) is 102 Å². The van der Waals surface area contributed by atoms with Crippen LogP contribution >= 0.6 is 0 Å². The van der Waals surface area contributed by atoms with E-state index in [4.69, 9.17) is 19.5 Å². The van der Waals surface area contributed by atoms with Gasteiger partial charge >= 0.3 is 19.9 Å². The molecule has 3 rings (SSSR count). The lowest BCUT2D eigenvalue weighted by Crippen LogP contribution is -2.37. The SMILES string of the molecule is O=C(OCc1ccccc1)N(C(=O)OCc1ccccc1)c1ccccc1.O[B]O. The molecule has 8 heteroatoms. The summed E-state index contributed by atoms with van der Waals surface area (Å²) in [6.07, 6.45) is -1.58. The monoisotopic (exact) mass is 406 g/mol. The van der Waals surface area contributed by atoms with Crippen molar-refractivity contribution in [2.75, 3.05) is 4.90 Å². The molecule has 0 saturated carbocycles. The molecule has 2 amide bonds. The zero-order valence-corrected chi connectivity index (χ0v) is 16.1. The summed E-state index contributed by atoms with van der Waals surface area (Å²) < 4.78 is 10.6. The summed E-state index contributed by atoms with van der Waals surface area (Å²) in [6.45, 7) is 0.129. The summed E-state index contributed by atoms with van der Waals surface area (Å²) in [4.78, 5) is 26.0. The Balaban J connectivity index is 0.00000101. The van der Waals surface area contributed by atoms with Gasteiger partial charge in [-0.15, -0.1) is 0 Å². The van der Waals surface area contributed by atoms with Gasteiger partial charge in [0, 0.05) is 0 Å². The second-order valence-corrected chi connectivity index (χ2v) is 5.87. The van der Waals surface area contributed by atoms with Crippen LogP contribution in [0.5, 0.6) is 0 Å². The fraction of sp³-hybridized carbons (Fsp3) is 0.0909. The van der Waals surface area contributed by atoms with Gasteiger partial charge in [0.1, 0.15) is 13.2 Å². The summed E-state index contributed by atoms with van der Waals surface area (Å²) in [7, 11) is 0. The van der Waals surface area contributed by atoms with Crippen molar-refractivity contribution in [1.29, 1.82) is 0 Å². The van der Waals surface area contributed by atoms with E-state index in [1.165, 1.54) is 0 Å². The summed E-state index contributed by atoms with van der Waals surface area (Å²) in [5.41, 5.74) is 2.04. The Morgan fingerprint density at radius 2 is 1.00 bits per heavy atom. The lowest BCUT2D eigenvalue weighted by molar-refractivity contribution is 0.127. The highest BCUT2D eigenvalue weighted by molar-refractivity contribution is 6.13. The van der Waals surface area contributed by atoms with Crippen LogP contribution < -0.4 is 4.90 Å². The van der Waals surface area contributed by atoms with Gasteiger partial charge in [0.25, 0.3) is 0 Å². The first-order valence-corrected chi connectivity index (χ1v) is 9.02. The Morgan fingerprint density at radius 1 is 0.667 bits per heavy atom. The van der Waals surface area contributed by atoms with E-state index in [2.05, 4.69) is 0 Å². The van der Waals surface area contributed by atoms with Crippen molar-refractivity contribution in [3.8, 4) is 0 Å². The van der Waals surface area contributed by atoms with Gasteiger partial charge in [0.15, 0.2) is 0 Å². The number of para-hydroxylation sites is 1.